The van der Waals surface area contributed by atoms with Crippen LogP contribution in [0.4, 0.5) is 5.82 Å². The average Bonchev–Trinajstić information content (AvgIpc) is 2.48. The van der Waals surface area contributed by atoms with Gasteiger partial charge in [0.05, 0.1) is 22.8 Å². The van der Waals surface area contributed by atoms with Crippen LogP contribution < -0.4 is 4.90 Å². The van der Waals surface area contributed by atoms with E-state index < -0.39 is 0 Å². The lowest BCUT2D eigenvalue weighted by Gasteiger charge is -2.33. The monoisotopic (exact) mass is 271 g/mol. The van der Waals surface area contributed by atoms with Crippen molar-refractivity contribution in [1.82, 2.24) is 9.97 Å². The van der Waals surface area contributed by atoms with Crippen LogP contribution in [-0.2, 0) is 4.74 Å². The third-order valence-corrected chi connectivity index (χ3v) is 3.86. The van der Waals surface area contributed by atoms with Gasteiger partial charge in [-0.15, -0.1) is 0 Å². The molecule has 4 heteroatoms. The highest BCUT2D eigenvalue weighted by atomic mass is 16.5. The molecule has 4 nitrogen and oxygen atoms in total. The van der Waals surface area contributed by atoms with Crippen LogP contribution in [0.5, 0.6) is 0 Å². The maximum atomic E-state index is 5.70. The van der Waals surface area contributed by atoms with E-state index in [1.165, 1.54) is 0 Å². The van der Waals surface area contributed by atoms with Gasteiger partial charge in [-0.3, -0.25) is 0 Å². The lowest BCUT2D eigenvalue weighted by Crippen LogP contribution is -2.38. The zero-order chi connectivity index (χ0) is 13.9. The third kappa shape index (κ3) is 2.61. The van der Waals surface area contributed by atoms with Gasteiger partial charge in [-0.25, -0.2) is 9.97 Å². The summed E-state index contributed by atoms with van der Waals surface area (Å²) in [6, 6.07) is 8.06. The van der Waals surface area contributed by atoms with Gasteiger partial charge in [0.2, 0.25) is 0 Å². The molecule has 0 saturated carbocycles. The first kappa shape index (κ1) is 13.3. The Kier molecular flexibility index (Phi) is 3.83. The third-order valence-electron chi connectivity index (χ3n) is 3.86. The minimum absolute atomic E-state index is 0.407. The smallest absolute Gasteiger partial charge is 0.150 e. The van der Waals surface area contributed by atoms with E-state index in [0.717, 1.165) is 55.1 Å². The van der Waals surface area contributed by atoms with E-state index in [4.69, 9.17) is 9.72 Å². The summed E-state index contributed by atoms with van der Waals surface area (Å²) in [4.78, 5) is 11.8. The molecule has 2 heterocycles. The zero-order valence-corrected chi connectivity index (χ0v) is 12.2. The summed E-state index contributed by atoms with van der Waals surface area (Å²) in [6.07, 6.45) is 2.55. The Hall–Kier alpha value is -1.68. The molecule has 106 valence electrons. The molecular formula is C16H21N3O. The van der Waals surface area contributed by atoms with Crippen LogP contribution in [0.2, 0.25) is 0 Å². The minimum atomic E-state index is 0.407. The van der Waals surface area contributed by atoms with E-state index >= 15 is 0 Å². The Morgan fingerprint density at radius 2 is 1.80 bits per heavy atom. The predicted molar refractivity (Wildman–Crippen MR) is 81.1 cm³/mol. The zero-order valence-electron chi connectivity index (χ0n) is 12.2. The Balaban J connectivity index is 1.82. The minimum Gasteiger partial charge on any atom is -0.378 e. The molecule has 0 radical (unpaired) electrons. The topological polar surface area (TPSA) is 38.2 Å². The number of fused-ring (bicyclic) bond motifs is 1. The summed E-state index contributed by atoms with van der Waals surface area (Å²) in [5.41, 5.74) is 2.96. The number of hydrogen-bond donors (Lipinski definition) is 0. The number of aromatic nitrogens is 2. The molecule has 0 aliphatic carbocycles. The van der Waals surface area contributed by atoms with Crippen molar-refractivity contribution in [2.75, 3.05) is 24.6 Å². The Morgan fingerprint density at radius 3 is 2.45 bits per heavy atom. The molecule has 1 saturated heterocycles. The molecule has 1 aliphatic heterocycles. The van der Waals surface area contributed by atoms with Gasteiger partial charge in [0, 0.05) is 19.7 Å². The summed E-state index contributed by atoms with van der Waals surface area (Å²) in [5.74, 6) is 1.03. The van der Waals surface area contributed by atoms with E-state index in [1.807, 2.05) is 31.2 Å². The molecule has 3 rings (SSSR count). The number of aryl methyl sites for hydroxylation is 1. The maximum Gasteiger partial charge on any atom is 0.150 e. The molecule has 0 bridgehead atoms. The van der Waals surface area contributed by atoms with Crippen LogP contribution in [0.1, 0.15) is 25.5 Å². The number of para-hydroxylation sites is 2. The van der Waals surface area contributed by atoms with Crippen molar-refractivity contribution in [3.8, 4) is 0 Å². The Labute approximate surface area is 119 Å². The van der Waals surface area contributed by atoms with Crippen molar-refractivity contribution >= 4 is 16.9 Å². The van der Waals surface area contributed by atoms with Gasteiger partial charge in [-0.05, 0) is 38.8 Å². The van der Waals surface area contributed by atoms with Crippen molar-refractivity contribution < 1.29 is 4.74 Å². The number of piperidine rings is 1. The van der Waals surface area contributed by atoms with E-state index in [0.29, 0.717) is 6.10 Å². The van der Waals surface area contributed by atoms with Crippen LogP contribution in [0, 0.1) is 6.92 Å². The van der Waals surface area contributed by atoms with Crippen LogP contribution in [-0.4, -0.2) is 35.8 Å². The first-order valence-electron chi connectivity index (χ1n) is 7.38. The Bertz CT molecular complexity index is 591. The van der Waals surface area contributed by atoms with Gasteiger partial charge in [0.1, 0.15) is 0 Å². The van der Waals surface area contributed by atoms with Gasteiger partial charge in [-0.1, -0.05) is 12.1 Å². The molecule has 1 aromatic heterocycles. The fraction of sp³-hybridized carbons (Fsp3) is 0.500. The normalized spacial score (nSPS) is 16.8. The lowest BCUT2D eigenvalue weighted by atomic mass is 10.1. The van der Waals surface area contributed by atoms with E-state index in [2.05, 4.69) is 16.8 Å². The van der Waals surface area contributed by atoms with Crippen LogP contribution in [0.3, 0.4) is 0 Å². The quantitative estimate of drug-likeness (QED) is 0.860. The van der Waals surface area contributed by atoms with E-state index in [1.54, 1.807) is 0 Å². The Morgan fingerprint density at radius 1 is 1.15 bits per heavy atom. The molecule has 0 unspecified atom stereocenters. The number of nitrogens with zero attached hydrogens (tertiary/aromatic N) is 3. The standard InChI is InChI=1S/C16H21N3O/c1-3-20-13-8-10-19(11-9-13)16-12(2)17-14-6-4-5-7-15(14)18-16/h4-7,13H,3,8-11H2,1-2H3. The number of anilines is 1. The molecule has 0 amide bonds. The molecule has 0 N–H and O–H groups in total. The summed E-state index contributed by atoms with van der Waals surface area (Å²) in [6.45, 7) is 6.91. The fourth-order valence-electron chi connectivity index (χ4n) is 2.85. The largest absolute Gasteiger partial charge is 0.378 e. The molecule has 2 aromatic rings. The molecule has 0 spiro atoms. The number of rotatable bonds is 3. The second-order valence-electron chi connectivity index (χ2n) is 5.26. The first-order chi connectivity index (χ1) is 9.78. The summed E-state index contributed by atoms with van der Waals surface area (Å²) in [7, 11) is 0. The average molecular weight is 271 g/mol. The predicted octanol–water partition coefficient (Wildman–Crippen LogP) is 2.94. The molecule has 1 fully saturated rings. The first-order valence-corrected chi connectivity index (χ1v) is 7.38. The highest BCUT2D eigenvalue weighted by Crippen LogP contribution is 2.24. The lowest BCUT2D eigenvalue weighted by molar-refractivity contribution is 0.0458. The van der Waals surface area contributed by atoms with Gasteiger partial charge in [0.25, 0.3) is 0 Å². The van der Waals surface area contributed by atoms with Crippen molar-refractivity contribution in [2.24, 2.45) is 0 Å². The van der Waals surface area contributed by atoms with Crippen molar-refractivity contribution in [2.45, 2.75) is 32.8 Å². The van der Waals surface area contributed by atoms with Crippen LogP contribution in [0.25, 0.3) is 11.0 Å². The van der Waals surface area contributed by atoms with E-state index in [-0.39, 0.29) is 0 Å². The molecule has 1 aliphatic rings. The highest BCUT2D eigenvalue weighted by Gasteiger charge is 2.22. The molecule has 1 aromatic carbocycles. The number of benzene rings is 1. The highest BCUT2D eigenvalue weighted by molar-refractivity contribution is 5.76. The molecular weight excluding hydrogens is 250 g/mol. The van der Waals surface area contributed by atoms with Crippen molar-refractivity contribution in [1.29, 1.82) is 0 Å². The SMILES string of the molecule is CCOC1CCN(c2nc3ccccc3nc2C)CC1. The van der Waals surface area contributed by atoms with Crippen LogP contribution >= 0.6 is 0 Å². The number of hydrogen-bond acceptors (Lipinski definition) is 4. The molecule has 0 atom stereocenters. The van der Waals surface area contributed by atoms with Crippen molar-refractivity contribution in [3.63, 3.8) is 0 Å². The van der Waals surface area contributed by atoms with Gasteiger partial charge in [0.15, 0.2) is 5.82 Å². The summed E-state index contributed by atoms with van der Waals surface area (Å²) in [5, 5.41) is 0. The molecule has 20 heavy (non-hydrogen) atoms. The summed E-state index contributed by atoms with van der Waals surface area (Å²) < 4.78 is 5.70. The van der Waals surface area contributed by atoms with Gasteiger partial charge in [-0.2, -0.15) is 0 Å². The van der Waals surface area contributed by atoms with Crippen LogP contribution in [0.15, 0.2) is 24.3 Å². The van der Waals surface area contributed by atoms with Crippen molar-refractivity contribution in [3.05, 3.63) is 30.0 Å². The van der Waals surface area contributed by atoms with E-state index in [9.17, 15) is 0 Å². The second kappa shape index (κ2) is 5.75. The van der Waals surface area contributed by atoms with Gasteiger partial charge >= 0.3 is 0 Å². The number of ether oxygens (including phenoxy) is 1. The second-order valence-corrected chi connectivity index (χ2v) is 5.26. The summed E-state index contributed by atoms with van der Waals surface area (Å²) >= 11 is 0. The fourth-order valence-corrected chi connectivity index (χ4v) is 2.85. The van der Waals surface area contributed by atoms with Gasteiger partial charge < -0.3 is 9.64 Å². The maximum absolute atomic E-state index is 5.70.